The van der Waals surface area contributed by atoms with Crippen molar-refractivity contribution in [2.24, 2.45) is 0 Å². The summed E-state index contributed by atoms with van der Waals surface area (Å²) in [5, 5.41) is 2.84. The molecule has 12 heteroatoms. The number of carbonyl (C=O) groups excluding carboxylic acids is 1. The first-order chi connectivity index (χ1) is 16.3. The molecule has 0 unspecified atom stereocenters. The zero-order valence-corrected chi connectivity index (χ0v) is 18.8. The lowest BCUT2D eigenvalue weighted by molar-refractivity contribution is -0.147. The zero-order valence-electron chi connectivity index (χ0n) is 18.8. The molecule has 0 bridgehead atoms. The first kappa shape index (κ1) is 23.6. The van der Waals surface area contributed by atoms with Crippen molar-refractivity contribution < 1.29 is 27.4 Å². The molecule has 1 aliphatic heterocycles. The fourth-order valence-corrected chi connectivity index (χ4v) is 3.90. The smallest absolute Gasteiger partial charge is 0.449 e. The molecule has 0 aliphatic carbocycles. The van der Waals surface area contributed by atoms with Crippen molar-refractivity contribution in [3.8, 4) is 11.5 Å². The first-order valence-corrected chi connectivity index (χ1v) is 10.7. The van der Waals surface area contributed by atoms with Crippen LogP contribution >= 0.6 is 0 Å². The summed E-state index contributed by atoms with van der Waals surface area (Å²) in [4.78, 5) is 24.2. The van der Waals surface area contributed by atoms with Gasteiger partial charge in [-0.25, -0.2) is 14.8 Å². The van der Waals surface area contributed by atoms with Crippen LogP contribution in [0.15, 0.2) is 36.5 Å². The number of methoxy groups -OCH3 is 2. The van der Waals surface area contributed by atoms with E-state index in [1.54, 1.807) is 36.3 Å². The molecule has 1 aromatic carbocycles. The maximum atomic E-state index is 13.5. The van der Waals surface area contributed by atoms with Crippen LogP contribution in [0.2, 0.25) is 0 Å². The van der Waals surface area contributed by atoms with Gasteiger partial charge in [0.05, 0.1) is 19.9 Å². The highest BCUT2D eigenvalue weighted by Gasteiger charge is 2.38. The van der Waals surface area contributed by atoms with Crippen LogP contribution in [0.3, 0.4) is 0 Å². The van der Waals surface area contributed by atoms with Crippen LogP contribution in [-0.2, 0) is 12.7 Å². The Bertz CT molecular complexity index is 1160. The molecular weight excluding hydrogens is 453 g/mol. The third-order valence-electron chi connectivity index (χ3n) is 5.71. The second-order valence-corrected chi connectivity index (χ2v) is 7.76. The molecule has 1 fully saturated rings. The number of imidazole rings is 1. The number of carbonyl (C=O) groups is 1. The Kier molecular flexibility index (Phi) is 6.77. The molecule has 3 aromatic rings. The standard InChI is InChI=1S/C22H25F3N6O3/c1-33-15-5-6-16(18(14-15)34-2)28-21(32)30-11-8-29(9-12-30)10-13-31-19-17(4-3-7-26-19)27-20(31)22(23,24)25/h3-7,14H,8-13H2,1-2H3,(H,28,32). The Morgan fingerprint density at radius 3 is 2.53 bits per heavy atom. The number of pyridine rings is 1. The minimum Gasteiger partial charge on any atom is -0.497 e. The molecule has 1 saturated heterocycles. The normalized spacial score (nSPS) is 14.9. The van der Waals surface area contributed by atoms with Crippen LogP contribution in [-0.4, -0.2) is 77.3 Å². The molecule has 0 atom stereocenters. The van der Waals surface area contributed by atoms with Gasteiger partial charge in [0.1, 0.15) is 17.0 Å². The van der Waals surface area contributed by atoms with Gasteiger partial charge in [0.2, 0.25) is 5.82 Å². The Morgan fingerprint density at radius 1 is 1.09 bits per heavy atom. The molecule has 182 valence electrons. The molecule has 1 N–H and O–H groups in total. The van der Waals surface area contributed by atoms with Crippen molar-refractivity contribution in [3.63, 3.8) is 0 Å². The molecule has 1 aliphatic rings. The summed E-state index contributed by atoms with van der Waals surface area (Å²) < 4.78 is 52.0. The predicted octanol–water partition coefficient (Wildman–Crippen LogP) is 3.32. The number of aromatic nitrogens is 3. The summed E-state index contributed by atoms with van der Waals surface area (Å²) in [6, 6.07) is 7.91. The van der Waals surface area contributed by atoms with E-state index in [4.69, 9.17) is 9.47 Å². The summed E-state index contributed by atoms with van der Waals surface area (Å²) >= 11 is 0. The van der Waals surface area contributed by atoms with Crippen LogP contribution in [0, 0.1) is 0 Å². The van der Waals surface area contributed by atoms with E-state index in [1.165, 1.54) is 19.4 Å². The Labute approximate surface area is 194 Å². The number of hydrogen-bond acceptors (Lipinski definition) is 6. The number of fused-ring (bicyclic) bond motifs is 1. The summed E-state index contributed by atoms with van der Waals surface area (Å²) in [6.07, 6.45) is -3.12. The van der Waals surface area contributed by atoms with Crippen LogP contribution in [0.5, 0.6) is 11.5 Å². The fourth-order valence-electron chi connectivity index (χ4n) is 3.90. The maximum absolute atomic E-state index is 13.5. The van der Waals surface area contributed by atoms with Gasteiger partial charge >= 0.3 is 12.2 Å². The van der Waals surface area contributed by atoms with E-state index >= 15 is 0 Å². The molecule has 0 radical (unpaired) electrons. The summed E-state index contributed by atoms with van der Waals surface area (Å²) in [6.45, 7) is 2.44. The Balaban J connectivity index is 1.35. The Hall–Kier alpha value is -3.54. The maximum Gasteiger partial charge on any atom is 0.449 e. The number of amides is 2. The van der Waals surface area contributed by atoms with E-state index in [9.17, 15) is 18.0 Å². The molecule has 0 saturated carbocycles. The van der Waals surface area contributed by atoms with E-state index in [2.05, 4.69) is 15.3 Å². The number of alkyl halides is 3. The van der Waals surface area contributed by atoms with E-state index in [0.29, 0.717) is 49.9 Å². The molecule has 0 spiro atoms. The lowest BCUT2D eigenvalue weighted by atomic mass is 10.2. The molecule has 2 amide bonds. The van der Waals surface area contributed by atoms with Crippen molar-refractivity contribution in [2.75, 3.05) is 52.3 Å². The lowest BCUT2D eigenvalue weighted by Gasteiger charge is -2.34. The molecule has 9 nitrogen and oxygen atoms in total. The first-order valence-electron chi connectivity index (χ1n) is 10.7. The van der Waals surface area contributed by atoms with Crippen molar-refractivity contribution in [1.82, 2.24) is 24.3 Å². The second kappa shape index (κ2) is 9.75. The third-order valence-corrected chi connectivity index (χ3v) is 5.71. The van der Waals surface area contributed by atoms with Gasteiger partial charge in [-0.05, 0) is 24.3 Å². The van der Waals surface area contributed by atoms with Crippen LogP contribution in [0.25, 0.3) is 11.2 Å². The van der Waals surface area contributed by atoms with E-state index in [1.807, 2.05) is 4.90 Å². The third kappa shape index (κ3) is 5.01. The number of anilines is 1. The van der Waals surface area contributed by atoms with Crippen LogP contribution in [0.4, 0.5) is 23.7 Å². The van der Waals surface area contributed by atoms with Gasteiger partial charge < -0.3 is 24.3 Å². The average Bonchev–Trinajstić information content (AvgIpc) is 3.22. The van der Waals surface area contributed by atoms with Crippen molar-refractivity contribution in [3.05, 3.63) is 42.4 Å². The van der Waals surface area contributed by atoms with Gasteiger partial charge in [-0.3, -0.25) is 4.90 Å². The Morgan fingerprint density at radius 2 is 1.85 bits per heavy atom. The topological polar surface area (TPSA) is 84.8 Å². The van der Waals surface area contributed by atoms with Gasteiger partial charge in [0.15, 0.2) is 5.65 Å². The lowest BCUT2D eigenvalue weighted by Crippen LogP contribution is -2.50. The SMILES string of the molecule is COc1ccc(NC(=O)N2CCN(CCn3c(C(F)(F)F)nc4cccnc43)CC2)c(OC)c1. The average molecular weight is 478 g/mol. The van der Waals surface area contributed by atoms with Gasteiger partial charge in [-0.1, -0.05) is 0 Å². The second-order valence-electron chi connectivity index (χ2n) is 7.76. The van der Waals surface area contributed by atoms with E-state index in [0.717, 1.165) is 4.57 Å². The number of hydrogen-bond donors (Lipinski definition) is 1. The molecule has 3 heterocycles. The summed E-state index contributed by atoms with van der Waals surface area (Å²) in [7, 11) is 3.05. The number of nitrogens with one attached hydrogen (secondary N) is 1. The van der Waals surface area contributed by atoms with E-state index < -0.39 is 12.0 Å². The number of ether oxygens (including phenoxy) is 2. The highest BCUT2D eigenvalue weighted by atomic mass is 19.4. The highest BCUT2D eigenvalue weighted by molar-refractivity contribution is 5.91. The van der Waals surface area contributed by atoms with Gasteiger partial charge in [0, 0.05) is 51.5 Å². The van der Waals surface area contributed by atoms with Gasteiger partial charge in [-0.2, -0.15) is 13.2 Å². The predicted molar refractivity (Wildman–Crippen MR) is 119 cm³/mol. The summed E-state index contributed by atoms with van der Waals surface area (Å²) in [5.74, 6) is 0.138. The van der Waals surface area contributed by atoms with Crippen molar-refractivity contribution >= 4 is 22.9 Å². The number of benzene rings is 1. The monoisotopic (exact) mass is 478 g/mol. The number of piperazine rings is 1. The minimum atomic E-state index is -4.57. The number of nitrogens with zero attached hydrogens (tertiary/aromatic N) is 5. The largest absolute Gasteiger partial charge is 0.497 e. The number of halogens is 3. The van der Waals surface area contributed by atoms with Crippen molar-refractivity contribution in [2.45, 2.75) is 12.7 Å². The van der Waals surface area contributed by atoms with Gasteiger partial charge in [-0.15, -0.1) is 0 Å². The van der Waals surface area contributed by atoms with E-state index in [-0.39, 0.29) is 23.7 Å². The number of rotatable bonds is 6. The fraction of sp³-hybridized carbons (Fsp3) is 0.409. The molecular formula is C22H25F3N6O3. The van der Waals surface area contributed by atoms with Crippen molar-refractivity contribution in [1.29, 1.82) is 0 Å². The van der Waals surface area contributed by atoms with Gasteiger partial charge in [0.25, 0.3) is 0 Å². The quantitative estimate of drug-likeness (QED) is 0.585. The number of urea groups is 1. The molecule has 34 heavy (non-hydrogen) atoms. The summed E-state index contributed by atoms with van der Waals surface area (Å²) in [5.41, 5.74) is 0.946. The molecule has 2 aromatic heterocycles. The van der Waals surface area contributed by atoms with Crippen LogP contribution < -0.4 is 14.8 Å². The van der Waals surface area contributed by atoms with Crippen LogP contribution in [0.1, 0.15) is 5.82 Å². The molecule has 4 rings (SSSR count). The zero-order chi connectivity index (χ0) is 24.3. The highest BCUT2D eigenvalue weighted by Crippen LogP contribution is 2.31. The minimum absolute atomic E-state index is 0.0948.